The van der Waals surface area contributed by atoms with E-state index in [-0.39, 0.29) is 34.9 Å². The fourth-order valence-corrected chi connectivity index (χ4v) is 6.24. The number of fused-ring (bicyclic) bond motifs is 1. The standard InChI is InChI=1S/C32H38N2O7/c1-38-21-14-15-22(25(16-21)39-2)30(35)29-28(33-31(36)19-10-6-5-7-11-19)23-17-26(40-3)27(41-4)18-24(23)34(29)32(37)20-12-8-9-13-20/h14-20H,5-13H2,1-4H3,(H,33,36). The summed E-state index contributed by atoms with van der Waals surface area (Å²) in [6.45, 7) is 0. The van der Waals surface area contributed by atoms with Crippen LogP contribution in [0.1, 0.15) is 78.6 Å². The molecule has 1 amide bonds. The lowest BCUT2D eigenvalue weighted by Crippen LogP contribution is -2.27. The first kappa shape index (κ1) is 28.5. The van der Waals surface area contributed by atoms with Crippen molar-refractivity contribution in [3.8, 4) is 23.0 Å². The lowest BCUT2D eigenvalue weighted by atomic mass is 9.88. The molecule has 0 saturated heterocycles. The molecule has 5 rings (SSSR count). The summed E-state index contributed by atoms with van der Waals surface area (Å²) < 4.78 is 23.6. The Hall–Kier alpha value is -4.01. The van der Waals surface area contributed by atoms with Crippen LogP contribution in [0.2, 0.25) is 0 Å². The van der Waals surface area contributed by atoms with E-state index >= 15 is 0 Å². The second-order valence-corrected chi connectivity index (χ2v) is 10.8. The van der Waals surface area contributed by atoms with Crippen molar-refractivity contribution in [2.24, 2.45) is 11.8 Å². The van der Waals surface area contributed by atoms with Crippen molar-refractivity contribution in [3.63, 3.8) is 0 Å². The van der Waals surface area contributed by atoms with Gasteiger partial charge in [0.25, 0.3) is 0 Å². The molecule has 2 aliphatic carbocycles. The molecular weight excluding hydrogens is 524 g/mol. The van der Waals surface area contributed by atoms with Gasteiger partial charge in [0.1, 0.15) is 17.2 Å². The van der Waals surface area contributed by atoms with Crippen molar-refractivity contribution in [2.75, 3.05) is 33.8 Å². The number of carbonyl (C=O) groups is 3. The zero-order valence-corrected chi connectivity index (χ0v) is 24.2. The van der Waals surface area contributed by atoms with Gasteiger partial charge in [-0.3, -0.25) is 19.0 Å². The molecule has 2 fully saturated rings. The van der Waals surface area contributed by atoms with Gasteiger partial charge in [0.15, 0.2) is 11.5 Å². The molecule has 0 aliphatic heterocycles. The van der Waals surface area contributed by atoms with Gasteiger partial charge in [-0.2, -0.15) is 0 Å². The van der Waals surface area contributed by atoms with Crippen LogP contribution >= 0.6 is 0 Å². The van der Waals surface area contributed by atoms with Crippen LogP contribution in [-0.4, -0.2) is 50.6 Å². The largest absolute Gasteiger partial charge is 0.497 e. The van der Waals surface area contributed by atoms with Crippen LogP contribution in [0.5, 0.6) is 23.0 Å². The number of carbonyl (C=O) groups excluding carboxylic acids is 3. The molecule has 2 saturated carbocycles. The van der Waals surface area contributed by atoms with E-state index in [0.29, 0.717) is 39.6 Å². The summed E-state index contributed by atoms with van der Waals surface area (Å²) in [5, 5.41) is 3.63. The highest BCUT2D eigenvalue weighted by Crippen LogP contribution is 2.42. The minimum Gasteiger partial charge on any atom is -0.497 e. The number of hydrogen-bond acceptors (Lipinski definition) is 7. The maximum Gasteiger partial charge on any atom is 0.234 e. The van der Waals surface area contributed by atoms with E-state index in [1.165, 1.54) is 33.0 Å². The molecule has 3 aromatic rings. The van der Waals surface area contributed by atoms with Crippen molar-refractivity contribution < 1.29 is 33.3 Å². The molecule has 1 heterocycles. The van der Waals surface area contributed by atoms with Gasteiger partial charge in [0.2, 0.25) is 17.6 Å². The summed E-state index contributed by atoms with van der Waals surface area (Å²) in [7, 11) is 6.06. The highest BCUT2D eigenvalue weighted by atomic mass is 16.5. The van der Waals surface area contributed by atoms with Gasteiger partial charge in [-0.05, 0) is 43.9 Å². The highest BCUT2D eigenvalue weighted by molar-refractivity contribution is 6.22. The van der Waals surface area contributed by atoms with Gasteiger partial charge in [-0.1, -0.05) is 32.1 Å². The third kappa shape index (κ3) is 5.37. The lowest BCUT2D eigenvalue weighted by Gasteiger charge is -2.21. The first-order valence-electron chi connectivity index (χ1n) is 14.3. The second-order valence-electron chi connectivity index (χ2n) is 10.8. The summed E-state index contributed by atoms with van der Waals surface area (Å²) in [6.07, 6.45) is 8.05. The van der Waals surface area contributed by atoms with Crippen LogP contribution in [0.4, 0.5) is 5.69 Å². The number of rotatable bonds is 9. The number of aromatic nitrogens is 1. The molecule has 0 unspecified atom stereocenters. The predicted molar refractivity (Wildman–Crippen MR) is 156 cm³/mol. The molecule has 9 heteroatoms. The fourth-order valence-electron chi connectivity index (χ4n) is 6.24. The summed E-state index contributed by atoms with van der Waals surface area (Å²) in [5.41, 5.74) is 1.13. The number of ether oxygens (including phenoxy) is 4. The van der Waals surface area contributed by atoms with Gasteiger partial charge in [-0.15, -0.1) is 0 Å². The van der Waals surface area contributed by atoms with Crippen molar-refractivity contribution >= 4 is 34.2 Å². The van der Waals surface area contributed by atoms with E-state index in [1.807, 2.05) is 0 Å². The van der Waals surface area contributed by atoms with E-state index in [1.54, 1.807) is 30.3 Å². The predicted octanol–water partition coefficient (Wildman–Crippen LogP) is 6.26. The molecular formula is C32H38N2O7. The van der Waals surface area contributed by atoms with Crippen molar-refractivity contribution in [1.29, 1.82) is 0 Å². The monoisotopic (exact) mass is 562 g/mol. The van der Waals surface area contributed by atoms with Gasteiger partial charge in [0, 0.05) is 29.4 Å². The third-order valence-corrected chi connectivity index (χ3v) is 8.49. The number of ketones is 1. The first-order valence-corrected chi connectivity index (χ1v) is 14.3. The first-order chi connectivity index (χ1) is 19.9. The van der Waals surface area contributed by atoms with Gasteiger partial charge in [0.05, 0.1) is 45.2 Å². The number of hydrogen-bond donors (Lipinski definition) is 1. The van der Waals surface area contributed by atoms with Crippen LogP contribution < -0.4 is 24.3 Å². The van der Waals surface area contributed by atoms with Gasteiger partial charge < -0.3 is 24.3 Å². The molecule has 2 aliphatic rings. The van der Waals surface area contributed by atoms with Crippen molar-refractivity contribution in [3.05, 3.63) is 41.6 Å². The Morgan fingerprint density at radius 2 is 1.34 bits per heavy atom. The maximum atomic E-state index is 14.5. The Morgan fingerprint density at radius 1 is 0.732 bits per heavy atom. The number of amides is 1. The number of anilines is 1. The molecule has 1 aromatic heterocycles. The third-order valence-electron chi connectivity index (χ3n) is 8.49. The summed E-state index contributed by atoms with van der Waals surface area (Å²) in [5.74, 6) is 0.528. The van der Waals surface area contributed by atoms with E-state index in [4.69, 9.17) is 18.9 Å². The smallest absolute Gasteiger partial charge is 0.234 e. The maximum absolute atomic E-state index is 14.5. The van der Waals surface area contributed by atoms with E-state index in [9.17, 15) is 14.4 Å². The van der Waals surface area contributed by atoms with Crippen LogP contribution in [0.3, 0.4) is 0 Å². The van der Waals surface area contributed by atoms with Crippen molar-refractivity contribution in [1.82, 2.24) is 4.57 Å². The summed E-state index contributed by atoms with van der Waals surface area (Å²) in [4.78, 5) is 42.3. The fraction of sp³-hybridized carbons (Fsp3) is 0.469. The number of nitrogens with one attached hydrogen (secondary N) is 1. The van der Waals surface area contributed by atoms with Crippen LogP contribution in [0.15, 0.2) is 30.3 Å². The number of methoxy groups -OCH3 is 4. The minimum absolute atomic E-state index is 0.0971. The molecule has 0 bridgehead atoms. The molecule has 1 N–H and O–H groups in total. The quantitative estimate of drug-likeness (QED) is 0.307. The number of benzene rings is 2. The Balaban J connectivity index is 1.77. The molecule has 41 heavy (non-hydrogen) atoms. The lowest BCUT2D eigenvalue weighted by molar-refractivity contribution is -0.120. The second kappa shape index (κ2) is 12.2. The molecule has 0 atom stereocenters. The van der Waals surface area contributed by atoms with Gasteiger partial charge in [-0.25, -0.2) is 0 Å². The Bertz CT molecular complexity index is 1460. The number of nitrogens with zero attached hydrogens (tertiary/aromatic N) is 1. The van der Waals surface area contributed by atoms with E-state index in [0.717, 1.165) is 57.8 Å². The molecule has 9 nitrogen and oxygen atoms in total. The van der Waals surface area contributed by atoms with E-state index in [2.05, 4.69) is 5.32 Å². The average molecular weight is 563 g/mol. The van der Waals surface area contributed by atoms with Crippen LogP contribution in [0, 0.1) is 11.8 Å². The zero-order chi connectivity index (χ0) is 29.1. The molecule has 2 aromatic carbocycles. The SMILES string of the molecule is COc1ccc(C(=O)c2c(NC(=O)C3CCCCC3)c3cc(OC)c(OC)cc3n2C(=O)C2CCCC2)c(OC)c1. The van der Waals surface area contributed by atoms with E-state index < -0.39 is 5.78 Å². The average Bonchev–Trinajstić information content (AvgIpc) is 3.66. The van der Waals surface area contributed by atoms with Crippen LogP contribution in [-0.2, 0) is 4.79 Å². The summed E-state index contributed by atoms with van der Waals surface area (Å²) >= 11 is 0. The van der Waals surface area contributed by atoms with Crippen molar-refractivity contribution in [2.45, 2.75) is 57.8 Å². The Morgan fingerprint density at radius 3 is 1.98 bits per heavy atom. The Labute approximate surface area is 240 Å². The molecule has 218 valence electrons. The summed E-state index contributed by atoms with van der Waals surface area (Å²) in [6, 6.07) is 8.36. The van der Waals surface area contributed by atoms with Crippen LogP contribution in [0.25, 0.3) is 10.9 Å². The Kier molecular flexibility index (Phi) is 8.52. The highest BCUT2D eigenvalue weighted by Gasteiger charge is 2.35. The molecule has 0 spiro atoms. The normalized spacial score (nSPS) is 16.0. The topological polar surface area (TPSA) is 105 Å². The minimum atomic E-state index is -0.441. The van der Waals surface area contributed by atoms with Gasteiger partial charge >= 0.3 is 0 Å². The zero-order valence-electron chi connectivity index (χ0n) is 24.2. The molecule has 0 radical (unpaired) electrons.